The van der Waals surface area contributed by atoms with Crippen molar-refractivity contribution in [1.29, 1.82) is 0 Å². The van der Waals surface area contributed by atoms with Crippen molar-refractivity contribution in [2.24, 2.45) is 0 Å². The lowest BCUT2D eigenvalue weighted by Crippen LogP contribution is -2.03. The summed E-state index contributed by atoms with van der Waals surface area (Å²) in [6, 6.07) is 25.5. The smallest absolute Gasteiger partial charge is 0.235 e. The summed E-state index contributed by atoms with van der Waals surface area (Å²) >= 11 is 0. The van der Waals surface area contributed by atoms with Crippen LogP contribution < -0.4 is 0 Å². The minimum atomic E-state index is -0.443. The standard InChI is InChI=1S/C32H19N3O/c1-2-10-20(11-3-1)31-23-14-4-7-15-26(23)33-32(34-31)35-27-16-8-5-12-21(27)24-19-30-25(18-28(24)35)22-13-6-9-17-29(22)36-30/h1-19H/i1D,2D,3D,10D,11D. The van der Waals surface area contributed by atoms with Crippen molar-refractivity contribution < 1.29 is 11.3 Å². The summed E-state index contributed by atoms with van der Waals surface area (Å²) in [6.45, 7) is 0. The van der Waals surface area contributed by atoms with E-state index in [1.54, 1.807) is 0 Å². The minimum Gasteiger partial charge on any atom is -0.456 e. The Labute approximate surface area is 213 Å². The lowest BCUT2D eigenvalue weighted by molar-refractivity contribution is 0.669. The van der Waals surface area contributed by atoms with Gasteiger partial charge in [-0.2, -0.15) is 0 Å². The van der Waals surface area contributed by atoms with Crippen molar-refractivity contribution in [3.63, 3.8) is 0 Å². The highest BCUT2D eigenvalue weighted by Gasteiger charge is 2.19. The second-order valence-corrected chi connectivity index (χ2v) is 8.71. The van der Waals surface area contributed by atoms with E-state index in [9.17, 15) is 0 Å². The van der Waals surface area contributed by atoms with E-state index in [1.807, 2.05) is 83.4 Å². The highest BCUT2D eigenvalue weighted by atomic mass is 16.3. The van der Waals surface area contributed by atoms with Gasteiger partial charge >= 0.3 is 0 Å². The van der Waals surface area contributed by atoms with E-state index in [1.165, 1.54) is 0 Å². The molecule has 5 aromatic carbocycles. The molecule has 8 aromatic rings. The molecular formula is C32H19N3O. The minimum absolute atomic E-state index is 0.0415. The van der Waals surface area contributed by atoms with Gasteiger partial charge in [0.1, 0.15) is 11.2 Å². The van der Waals surface area contributed by atoms with Crippen molar-refractivity contribution in [3.8, 4) is 17.2 Å². The molecule has 8 rings (SSSR count). The zero-order valence-electron chi connectivity index (χ0n) is 23.8. The summed E-state index contributed by atoms with van der Waals surface area (Å²) < 4.78 is 50.1. The molecular weight excluding hydrogens is 442 g/mol. The van der Waals surface area contributed by atoms with Crippen LogP contribution in [0.15, 0.2) is 120 Å². The molecule has 4 heteroatoms. The van der Waals surface area contributed by atoms with Gasteiger partial charge in [-0.3, -0.25) is 4.57 Å². The quantitative estimate of drug-likeness (QED) is 0.257. The fourth-order valence-corrected chi connectivity index (χ4v) is 5.13. The molecule has 0 amide bonds. The van der Waals surface area contributed by atoms with Crippen molar-refractivity contribution in [2.75, 3.05) is 0 Å². The molecule has 0 aliphatic heterocycles. The Morgan fingerprint density at radius 2 is 1.36 bits per heavy atom. The first kappa shape index (κ1) is 15.1. The van der Waals surface area contributed by atoms with Crippen LogP contribution >= 0.6 is 0 Å². The number of hydrogen-bond donors (Lipinski definition) is 0. The highest BCUT2D eigenvalue weighted by molar-refractivity contribution is 6.17. The van der Waals surface area contributed by atoms with Crippen LogP contribution in [-0.2, 0) is 0 Å². The maximum Gasteiger partial charge on any atom is 0.235 e. The second-order valence-electron chi connectivity index (χ2n) is 8.71. The second kappa shape index (κ2) is 7.27. The first-order valence-electron chi connectivity index (χ1n) is 14.1. The van der Waals surface area contributed by atoms with Crippen molar-refractivity contribution in [2.45, 2.75) is 0 Å². The first-order chi connectivity index (χ1) is 19.9. The molecule has 0 aliphatic carbocycles. The molecule has 3 heterocycles. The third-order valence-electron chi connectivity index (χ3n) is 6.70. The van der Waals surface area contributed by atoms with Gasteiger partial charge in [0, 0.05) is 32.5 Å². The lowest BCUT2D eigenvalue weighted by Gasteiger charge is -2.11. The summed E-state index contributed by atoms with van der Waals surface area (Å²) in [7, 11) is 0. The van der Waals surface area contributed by atoms with E-state index < -0.39 is 18.1 Å². The zero-order chi connectivity index (χ0) is 28.0. The molecule has 4 nitrogen and oxygen atoms in total. The molecule has 36 heavy (non-hydrogen) atoms. The van der Waals surface area contributed by atoms with Gasteiger partial charge in [-0.15, -0.1) is 0 Å². The van der Waals surface area contributed by atoms with E-state index in [2.05, 4.69) is 6.07 Å². The van der Waals surface area contributed by atoms with Crippen LogP contribution in [0, 0.1) is 0 Å². The Balaban J connectivity index is 1.52. The monoisotopic (exact) mass is 466 g/mol. The van der Waals surface area contributed by atoms with Gasteiger partial charge in [0.25, 0.3) is 0 Å². The zero-order valence-corrected chi connectivity index (χ0v) is 18.8. The molecule has 0 N–H and O–H groups in total. The summed E-state index contributed by atoms with van der Waals surface area (Å²) in [5.41, 5.74) is 4.25. The van der Waals surface area contributed by atoms with Crippen LogP contribution in [0.2, 0.25) is 0 Å². The molecule has 168 valence electrons. The van der Waals surface area contributed by atoms with Crippen LogP contribution in [0.4, 0.5) is 0 Å². The average Bonchev–Trinajstić information content (AvgIpc) is 3.52. The highest BCUT2D eigenvalue weighted by Crippen LogP contribution is 2.38. The molecule has 3 aromatic heterocycles. The molecule has 0 saturated heterocycles. The van der Waals surface area contributed by atoms with Crippen LogP contribution in [0.1, 0.15) is 6.85 Å². The first-order valence-corrected chi connectivity index (χ1v) is 11.6. The molecule has 0 spiro atoms. The molecule has 0 aliphatic rings. The summed E-state index contributed by atoms with van der Waals surface area (Å²) in [5.74, 6) is 0.337. The summed E-state index contributed by atoms with van der Waals surface area (Å²) in [5, 5.41) is 4.52. The van der Waals surface area contributed by atoms with Crippen LogP contribution in [0.25, 0.3) is 71.9 Å². The Bertz CT molecular complexity index is 2360. The average molecular weight is 467 g/mol. The number of para-hydroxylation sites is 3. The third kappa shape index (κ3) is 2.70. The Kier molecular flexibility index (Phi) is 3.05. The van der Waals surface area contributed by atoms with Gasteiger partial charge in [-0.05, 0) is 30.3 Å². The van der Waals surface area contributed by atoms with Gasteiger partial charge in [0.2, 0.25) is 5.95 Å². The fourth-order valence-electron chi connectivity index (χ4n) is 5.13. The van der Waals surface area contributed by atoms with E-state index in [0.29, 0.717) is 16.9 Å². The number of aromatic nitrogens is 3. The van der Waals surface area contributed by atoms with Crippen LogP contribution in [-0.4, -0.2) is 14.5 Å². The fraction of sp³-hybridized carbons (Fsp3) is 0. The Morgan fingerprint density at radius 1 is 0.611 bits per heavy atom. The molecule has 0 radical (unpaired) electrons. The van der Waals surface area contributed by atoms with E-state index >= 15 is 0 Å². The third-order valence-corrected chi connectivity index (χ3v) is 6.70. The van der Waals surface area contributed by atoms with Crippen molar-refractivity contribution in [3.05, 3.63) is 115 Å². The summed E-state index contributed by atoms with van der Waals surface area (Å²) in [6.07, 6.45) is 0. The lowest BCUT2D eigenvalue weighted by atomic mass is 10.1. The topological polar surface area (TPSA) is 43.9 Å². The predicted octanol–water partition coefficient (Wildman–Crippen LogP) is 8.29. The van der Waals surface area contributed by atoms with Gasteiger partial charge in [-0.25, -0.2) is 9.97 Å². The SMILES string of the molecule is [2H]c1c([2H])c([2H])c(-c2nc(-n3c4ccccc4c4cc5oc6ccccc6c5cc43)nc3ccccc23)c([2H])c1[2H]. The summed E-state index contributed by atoms with van der Waals surface area (Å²) in [4.78, 5) is 9.87. The number of hydrogen-bond acceptors (Lipinski definition) is 3. The van der Waals surface area contributed by atoms with Crippen molar-refractivity contribution >= 4 is 54.6 Å². The van der Waals surface area contributed by atoms with Gasteiger partial charge in [-0.1, -0.05) is 84.8 Å². The maximum absolute atomic E-state index is 8.65. The number of benzene rings is 5. The molecule has 0 atom stereocenters. The number of furan rings is 1. The number of nitrogens with zero attached hydrogens (tertiary/aromatic N) is 3. The van der Waals surface area contributed by atoms with E-state index in [4.69, 9.17) is 21.2 Å². The van der Waals surface area contributed by atoms with Crippen LogP contribution in [0.3, 0.4) is 0 Å². The largest absolute Gasteiger partial charge is 0.456 e. The number of rotatable bonds is 2. The molecule has 0 saturated carbocycles. The van der Waals surface area contributed by atoms with Gasteiger partial charge in [0.05, 0.1) is 29.1 Å². The van der Waals surface area contributed by atoms with E-state index in [-0.39, 0.29) is 23.3 Å². The number of fused-ring (bicyclic) bond motifs is 7. The van der Waals surface area contributed by atoms with Gasteiger partial charge < -0.3 is 4.42 Å². The normalized spacial score (nSPS) is 13.8. The predicted molar refractivity (Wildman–Crippen MR) is 147 cm³/mol. The van der Waals surface area contributed by atoms with Gasteiger partial charge in [0.15, 0.2) is 0 Å². The maximum atomic E-state index is 8.65. The van der Waals surface area contributed by atoms with E-state index in [0.717, 1.165) is 43.7 Å². The molecule has 0 unspecified atom stereocenters. The Morgan fingerprint density at radius 3 is 2.25 bits per heavy atom. The Hall–Kier alpha value is -4.96. The molecule has 0 bridgehead atoms. The van der Waals surface area contributed by atoms with Crippen molar-refractivity contribution in [1.82, 2.24) is 14.5 Å². The molecule has 0 fully saturated rings. The van der Waals surface area contributed by atoms with Crippen LogP contribution in [0.5, 0.6) is 0 Å².